The van der Waals surface area contributed by atoms with Gasteiger partial charge in [0.1, 0.15) is 10.6 Å². The number of aryl methyl sites for hydroxylation is 1. The zero-order valence-corrected chi connectivity index (χ0v) is 16.6. The van der Waals surface area contributed by atoms with Crippen LogP contribution in [0.4, 0.5) is 13.8 Å². The SMILES string of the molecule is CCOC(=O)c1sc(NC(=O)CN(C)Cc2ccc(OC(F)F)cc2)cc1C. The zero-order chi connectivity index (χ0) is 20.7. The van der Waals surface area contributed by atoms with Crippen molar-refractivity contribution in [2.24, 2.45) is 0 Å². The molecular weight excluding hydrogens is 390 g/mol. The maximum atomic E-state index is 12.2. The van der Waals surface area contributed by atoms with Gasteiger partial charge >= 0.3 is 12.6 Å². The van der Waals surface area contributed by atoms with E-state index in [9.17, 15) is 18.4 Å². The van der Waals surface area contributed by atoms with Gasteiger partial charge in [-0.05, 0) is 50.2 Å². The van der Waals surface area contributed by atoms with Crippen LogP contribution in [0, 0.1) is 6.92 Å². The summed E-state index contributed by atoms with van der Waals surface area (Å²) in [5, 5.41) is 3.35. The Morgan fingerprint density at radius 3 is 2.54 bits per heavy atom. The van der Waals surface area contributed by atoms with E-state index in [-0.39, 0.29) is 24.8 Å². The fourth-order valence-electron chi connectivity index (χ4n) is 2.51. The Morgan fingerprint density at radius 2 is 1.93 bits per heavy atom. The molecule has 0 radical (unpaired) electrons. The normalized spacial score (nSPS) is 11.0. The first-order chi connectivity index (χ1) is 13.3. The number of likely N-dealkylation sites (N-methyl/N-ethyl adjacent to an activating group) is 1. The van der Waals surface area contributed by atoms with Crippen molar-refractivity contribution < 1.29 is 27.8 Å². The molecule has 0 bridgehead atoms. The molecule has 9 heteroatoms. The summed E-state index contributed by atoms with van der Waals surface area (Å²) in [6.07, 6.45) is 0. The first kappa shape index (κ1) is 21.8. The number of benzene rings is 1. The number of nitrogens with zero attached hydrogens (tertiary/aromatic N) is 1. The molecule has 2 aromatic rings. The van der Waals surface area contributed by atoms with Gasteiger partial charge in [0.15, 0.2) is 0 Å². The fraction of sp³-hybridized carbons (Fsp3) is 0.368. The summed E-state index contributed by atoms with van der Waals surface area (Å²) < 4.78 is 33.6. The smallest absolute Gasteiger partial charge is 0.387 e. The molecule has 0 saturated heterocycles. The summed E-state index contributed by atoms with van der Waals surface area (Å²) in [7, 11) is 1.77. The highest BCUT2D eigenvalue weighted by molar-refractivity contribution is 7.18. The summed E-state index contributed by atoms with van der Waals surface area (Å²) in [5.41, 5.74) is 1.60. The van der Waals surface area contributed by atoms with Gasteiger partial charge in [0.25, 0.3) is 0 Å². The minimum Gasteiger partial charge on any atom is -0.462 e. The average molecular weight is 412 g/mol. The Hall–Kier alpha value is -2.52. The van der Waals surface area contributed by atoms with Crippen LogP contribution in [-0.4, -0.2) is 43.6 Å². The summed E-state index contributed by atoms with van der Waals surface area (Å²) >= 11 is 1.17. The van der Waals surface area contributed by atoms with Crippen molar-refractivity contribution >= 4 is 28.2 Å². The number of halogens is 2. The van der Waals surface area contributed by atoms with Crippen LogP contribution in [0.1, 0.15) is 27.7 Å². The van der Waals surface area contributed by atoms with Crippen LogP contribution in [0.2, 0.25) is 0 Å². The van der Waals surface area contributed by atoms with Crippen LogP contribution in [0.15, 0.2) is 30.3 Å². The highest BCUT2D eigenvalue weighted by atomic mass is 32.1. The van der Waals surface area contributed by atoms with Gasteiger partial charge in [-0.2, -0.15) is 8.78 Å². The predicted octanol–water partition coefficient (Wildman–Crippen LogP) is 3.91. The molecule has 2 rings (SSSR count). The predicted molar refractivity (Wildman–Crippen MR) is 103 cm³/mol. The number of carbonyl (C=O) groups is 2. The van der Waals surface area contributed by atoms with E-state index in [0.29, 0.717) is 16.4 Å². The van der Waals surface area contributed by atoms with Crippen molar-refractivity contribution in [1.82, 2.24) is 4.90 Å². The Morgan fingerprint density at radius 1 is 1.25 bits per heavy atom. The molecule has 28 heavy (non-hydrogen) atoms. The van der Waals surface area contributed by atoms with Crippen molar-refractivity contribution in [3.05, 3.63) is 46.3 Å². The third-order valence-electron chi connectivity index (χ3n) is 3.66. The molecule has 1 heterocycles. The van der Waals surface area contributed by atoms with Gasteiger partial charge in [-0.3, -0.25) is 9.69 Å². The number of carbonyl (C=O) groups excluding carboxylic acids is 2. The second-order valence-corrected chi connectivity index (χ2v) is 7.14. The van der Waals surface area contributed by atoms with E-state index in [1.54, 1.807) is 44.0 Å². The summed E-state index contributed by atoms with van der Waals surface area (Å²) in [4.78, 5) is 26.3. The molecule has 0 atom stereocenters. The minimum atomic E-state index is -2.86. The highest BCUT2D eigenvalue weighted by Crippen LogP contribution is 2.27. The molecule has 0 spiro atoms. The van der Waals surface area contributed by atoms with E-state index in [1.165, 1.54) is 23.5 Å². The van der Waals surface area contributed by atoms with Crippen molar-refractivity contribution in [3.8, 4) is 5.75 Å². The fourth-order valence-corrected chi connectivity index (χ4v) is 3.49. The Labute approximate surface area is 166 Å². The molecule has 0 aliphatic carbocycles. The molecule has 1 amide bonds. The Balaban J connectivity index is 1.87. The molecule has 152 valence electrons. The number of ether oxygens (including phenoxy) is 2. The first-order valence-electron chi connectivity index (χ1n) is 8.58. The quantitative estimate of drug-likeness (QED) is 0.633. The van der Waals surface area contributed by atoms with Crippen LogP contribution in [0.25, 0.3) is 0 Å². The van der Waals surface area contributed by atoms with E-state index in [2.05, 4.69) is 10.1 Å². The van der Waals surface area contributed by atoms with Crippen LogP contribution in [0.3, 0.4) is 0 Å². The number of hydrogen-bond donors (Lipinski definition) is 1. The zero-order valence-electron chi connectivity index (χ0n) is 15.8. The number of anilines is 1. The molecule has 0 aliphatic rings. The van der Waals surface area contributed by atoms with E-state index in [4.69, 9.17) is 4.74 Å². The minimum absolute atomic E-state index is 0.0876. The molecule has 6 nitrogen and oxygen atoms in total. The second kappa shape index (κ2) is 10.1. The Bertz CT molecular complexity index is 809. The lowest BCUT2D eigenvalue weighted by atomic mass is 10.2. The lowest BCUT2D eigenvalue weighted by Gasteiger charge is -2.16. The summed E-state index contributed by atoms with van der Waals surface area (Å²) in [6, 6.07) is 7.98. The third kappa shape index (κ3) is 6.58. The molecule has 1 N–H and O–H groups in total. The summed E-state index contributed by atoms with van der Waals surface area (Å²) in [5.74, 6) is -0.539. The maximum absolute atomic E-state index is 12.2. The van der Waals surface area contributed by atoms with Crippen LogP contribution in [-0.2, 0) is 16.1 Å². The Kier molecular flexibility index (Phi) is 7.89. The van der Waals surface area contributed by atoms with Crippen LogP contribution in [0.5, 0.6) is 5.75 Å². The van der Waals surface area contributed by atoms with E-state index >= 15 is 0 Å². The van der Waals surface area contributed by atoms with Gasteiger partial charge in [-0.15, -0.1) is 11.3 Å². The van der Waals surface area contributed by atoms with Crippen molar-refractivity contribution in [2.45, 2.75) is 27.0 Å². The second-order valence-electron chi connectivity index (χ2n) is 6.09. The number of esters is 1. The monoisotopic (exact) mass is 412 g/mol. The van der Waals surface area contributed by atoms with E-state index in [1.807, 2.05) is 0 Å². The van der Waals surface area contributed by atoms with Gasteiger partial charge < -0.3 is 14.8 Å². The van der Waals surface area contributed by atoms with Crippen LogP contribution < -0.4 is 10.1 Å². The number of rotatable bonds is 9. The van der Waals surface area contributed by atoms with Gasteiger partial charge in [-0.25, -0.2) is 4.79 Å². The van der Waals surface area contributed by atoms with Gasteiger partial charge in [-0.1, -0.05) is 12.1 Å². The lowest BCUT2D eigenvalue weighted by molar-refractivity contribution is -0.117. The molecule has 1 aromatic heterocycles. The number of amides is 1. The van der Waals surface area contributed by atoms with Gasteiger partial charge in [0.05, 0.1) is 18.2 Å². The molecule has 0 unspecified atom stereocenters. The molecule has 0 fully saturated rings. The van der Waals surface area contributed by atoms with E-state index in [0.717, 1.165) is 11.1 Å². The standard InChI is InChI=1S/C19H22F2N2O4S/c1-4-26-18(25)17-12(2)9-16(28-17)22-15(24)11-23(3)10-13-5-7-14(8-6-13)27-19(20)21/h5-9,19H,4,10-11H2,1-3H3,(H,22,24). The van der Waals surface area contributed by atoms with Crippen molar-refractivity contribution in [1.29, 1.82) is 0 Å². The number of thiophene rings is 1. The maximum Gasteiger partial charge on any atom is 0.387 e. The van der Waals surface area contributed by atoms with E-state index < -0.39 is 12.6 Å². The topological polar surface area (TPSA) is 67.9 Å². The van der Waals surface area contributed by atoms with Gasteiger partial charge in [0, 0.05) is 6.54 Å². The molecule has 1 aromatic carbocycles. The molecule has 0 saturated carbocycles. The summed E-state index contributed by atoms with van der Waals surface area (Å²) in [6.45, 7) is 1.53. The van der Waals surface area contributed by atoms with Crippen molar-refractivity contribution in [3.63, 3.8) is 0 Å². The molecular formula is C19H22F2N2O4S. The number of hydrogen-bond acceptors (Lipinski definition) is 6. The van der Waals surface area contributed by atoms with Crippen LogP contribution >= 0.6 is 11.3 Å². The average Bonchev–Trinajstić information content (AvgIpc) is 2.96. The number of nitrogens with one attached hydrogen (secondary N) is 1. The third-order valence-corrected chi connectivity index (χ3v) is 4.79. The first-order valence-corrected chi connectivity index (χ1v) is 9.39. The highest BCUT2D eigenvalue weighted by Gasteiger charge is 2.16. The lowest BCUT2D eigenvalue weighted by Crippen LogP contribution is -2.29. The number of alkyl halides is 2. The molecule has 0 aliphatic heterocycles. The van der Waals surface area contributed by atoms with Crippen molar-refractivity contribution in [2.75, 3.05) is 25.5 Å². The largest absolute Gasteiger partial charge is 0.462 e. The van der Waals surface area contributed by atoms with Gasteiger partial charge in [0.2, 0.25) is 5.91 Å².